The van der Waals surface area contributed by atoms with Gasteiger partial charge in [-0.05, 0) is 130 Å². The second kappa shape index (κ2) is 10.2. The van der Waals surface area contributed by atoms with Gasteiger partial charge in [-0.2, -0.15) is 0 Å². The fourth-order valence-corrected chi connectivity index (χ4v) is 6.05. The summed E-state index contributed by atoms with van der Waals surface area (Å²) in [5.41, 5.74) is 33.0. The molecule has 0 aromatic heterocycles. The first-order valence-electron chi connectivity index (χ1n) is 14.0. The molecule has 0 amide bonds. The normalized spacial score (nSPS) is 12.7. The molecule has 0 heterocycles. The van der Waals surface area contributed by atoms with Crippen LogP contribution in [0.4, 0.5) is 22.7 Å². The summed E-state index contributed by atoms with van der Waals surface area (Å²) < 4.78 is 12.3. The van der Waals surface area contributed by atoms with Gasteiger partial charge in [0.05, 0.1) is 5.41 Å². The van der Waals surface area contributed by atoms with Crippen LogP contribution in [0.3, 0.4) is 0 Å². The Morgan fingerprint density at radius 2 is 0.651 bits per heavy atom. The molecule has 0 bridgehead atoms. The van der Waals surface area contributed by atoms with Crippen LogP contribution < -0.4 is 32.4 Å². The quantitative estimate of drug-likeness (QED) is 0.153. The predicted octanol–water partition coefficient (Wildman–Crippen LogP) is 7.96. The maximum absolute atomic E-state index is 6.32. The molecule has 0 fully saturated rings. The van der Waals surface area contributed by atoms with Crippen molar-refractivity contribution in [3.63, 3.8) is 0 Å². The Bertz CT molecular complexity index is 1790. The number of hydrogen-bond acceptors (Lipinski definition) is 6. The van der Waals surface area contributed by atoms with Gasteiger partial charge in [0.2, 0.25) is 0 Å². The van der Waals surface area contributed by atoms with E-state index in [1.807, 2.05) is 97.1 Å². The summed E-state index contributed by atoms with van der Waals surface area (Å²) in [7, 11) is 0. The van der Waals surface area contributed by atoms with Crippen LogP contribution in [0.5, 0.6) is 23.0 Å². The number of nitrogen functional groups attached to an aromatic ring is 4. The lowest BCUT2D eigenvalue weighted by Gasteiger charge is -2.34. The Morgan fingerprint density at radius 1 is 0.349 bits per heavy atom. The Labute approximate surface area is 250 Å². The average molecular weight is 563 g/mol. The number of nitrogens with two attached hydrogens (primary N) is 4. The highest BCUT2D eigenvalue weighted by molar-refractivity contribution is 5.89. The third-order valence-electron chi connectivity index (χ3n) is 7.99. The smallest absolute Gasteiger partial charge is 0.127 e. The first-order valence-corrected chi connectivity index (χ1v) is 14.0. The highest BCUT2D eigenvalue weighted by atomic mass is 16.5. The molecule has 6 heteroatoms. The summed E-state index contributed by atoms with van der Waals surface area (Å²) in [5.74, 6) is 2.89. The van der Waals surface area contributed by atoms with E-state index < -0.39 is 5.41 Å². The number of ether oxygens (including phenoxy) is 2. The standard InChI is InChI=1S/C37H30N4O2/c38-25-5-15-31(16-6-25)42-29-11-1-23(2-12-29)37(24-3-13-30(14-4-24)43-32-17-7-26(39)8-18-32)35-19-9-27(40)21-33(35)34-22-28(41)10-20-36(34)37/h1-22H,38-41H2. The molecule has 1 aliphatic carbocycles. The number of fused-ring (bicyclic) bond motifs is 3. The fraction of sp³-hybridized carbons (Fsp3) is 0.0270. The second-order valence-corrected chi connectivity index (χ2v) is 10.8. The third kappa shape index (κ3) is 4.55. The van der Waals surface area contributed by atoms with Crippen LogP contribution in [0, 0.1) is 0 Å². The Morgan fingerprint density at radius 3 is 1.00 bits per heavy atom. The summed E-state index contributed by atoms with van der Waals surface area (Å²) in [5, 5.41) is 0. The predicted molar refractivity (Wildman–Crippen MR) is 174 cm³/mol. The van der Waals surface area contributed by atoms with Crippen molar-refractivity contribution in [1.29, 1.82) is 0 Å². The summed E-state index contributed by atoms with van der Waals surface area (Å²) in [4.78, 5) is 0. The lowest BCUT2D eigenvalue weighted by Crippen LogP contribution is -2.28. The molecule has 210 valence electrons. The largest absolute Gasteiger partial charge is 0.457 e. The summed E-state index contributed by atoms with van der Waals surface area (Å²) in [6.07, 6.45) is 0. The van der Waals surface area contributed by atoms with E-state index in [0.717, 1.165) is 56.4 Å². The summed E-state index contributed by atoms with van der Waals surface area (Å²) >= 11 is 0. The minimum absolute atomic E-state index is 0.633. The van der Waals surface area contributed by atoms with Crippen molar-refractivity contribution in [2.45, 2.75) is 5.41 Å². The van der Waals surface area contributed by atoms with Crippen LogP contribution in [0.25, 0.3) is 11.1 Å². The van der Waals surface area contributed by atoms with E-state index >= 15 is 0 Å². The Kier molecular flexibility index (Phi) is 6.17. The minimum Gasteiger partial charge on any atom is -0.457 e. The van der Waals surface area contributed by atoms with Crippen molar-refractivity contribution >= 4 is 22.7 Å². The van der Waals surface area contributed by atoms with E-state index in [1.54, 1.807) is 0 Å². The molecule has 6 aromatic rings. The molecule has 1 aliphatic rings. The van der Waals surface area contributed by atoms with Crippen LogP contribution in [0.2, 0.25) is 0 Å². The van der Waals surface area contributed by atoms with E-state index in [4.69, 9.17) is 32.4 Å². The molecule has 6 nitrogen and oxygen atoms in total. The van der Waals surface area contributed by atoms with Crippen molar-refractivity contribution in [1.82, 2.24) is 0 Å². The minimum atomic E-state index is -0.633. The van der Waals surface area contributed by atoms with Gasteiger partial charge in [0.25, 0.3) is 0 Å². The molecule has 0 saturated carbocycles. The lowest BCUT2D eigenvalue weighted by atomic mass is 9.67. The van der Waals surface area contributed by atoms with Gasteiger partial charge < -0.3 is 32.4 Å². The molecule has 43 heavy (non-hydrogen) atoms. The first-order chi connectivity index (χ1) is 20.9. The van der Waals surface area contributed by atoms with Crippen LogP contribution in [0.15, 0.2) is 133 Å². The highest BCUT2D eigenvalue weighted by Gasteiger charge is 2.46. The molecule has 7 rings (SSSR count). The molecule has 0 saturated heterocycles. The zero-order valence-corrected chi connectivity index (χ0v) is 23.3. The van der Waals surface area contributed by atoms with Crippen molar-refractivity contribution in [3.05, 3.63) is 156 Å². The Hall–Kier alpha value is -5.88. The van der Waals surface area contributed by atoms with E-state index in [1.165, 1.54) is 0 Å². The van der Waals surface area contributed by atoms with Crippen LogP contribution >= 0.6 is 0 Å². The van der Waals surface area contributed by atoms with Gasteiger partial charge in [-0.3, -0.25) is 0 Å². The maximum atomic E-state index is 6.32. The number of rotatable bonds is 6. The van der Waals surface area contributed by atoms with Gasteiger partial charge in [-0.25, -0.2) is 0 Å². The van der Waals surface area contributed by atoms with Gasteiger partial charge in [0, 0.05) is 22.7 Å². The third-order valence-corrected chi connectivity index (χ3v) is 7.99. The molecule has 0 radical (unpaired) electrons. The first kappa shape index (κ1) is 26.0. The topological polar surface area (TPSA) is 123 Å². The molecule has 6 aromatic carbocycles. The zero-order chi connectivity index (χ0) is 29.6. The number of anilines is 4. The molecule has 0 atom stereocenters. The summed E-state index contributed by atoms with van der Waals surface area (Å²) in [6, 6.07) is 43.4. The second-order valence-electron chi connectivity index (χ2n) is 10.8. The average Bonchev–Trinajstić information content (AvgIpc) is 3.29. The van der Waals surface area contributed by atoms with E-state index in [9.17, 15) is 0 Å². The van der Waals surface area contributed by atoms with Crippen molar-refractivity contribution in [3.8, 4) is 34.1 Å². The molecule has 0 spiro atoms. The van der Waals surface area contributed by atoms with Crippen molar-refractivity contribution in [2.75, 3.05) is 22.9 Å². The van der Waals surface area contributed by atoms with Crippen LogP contribution in [-0.4, -0.2) is 0 Å². The zero-order valence-electron chi connectivity index (χ0n) is 23.3. The van der Waals surface area contributed by atoms with Gasteiger partial charge in [-0.15, -0.1) is 0 Å². The number of benzene rings is 6. The van der Waals surface area contributed by atoms with E-state index in [0.29, 0.717) is 22.7 Å². The van der Waals surface area contributed by atoms with Crippen molar-refractivity contribution in [2.24, 2.45) is 0 Å². The Balaban J connectivity index is 1.37. The van der Waals surface area contributed by atoms with Gasteiger partial charge in [0.1, 0.15) is 23.0 Å². The maximum Gasteiger partial charge on any atom is 0.127 e. The van der Waals surface area contributed by atoms with Gasteiger partial charge in [-0.1, -0.05) is 36.4 Å². The molecule has 0 unspecified atom stereocenters. The van der Waals surface area contributed by atoms with Crippen LogP contribution in [-0.2, 0) is 5.41 Å². The van der Waals surface area contributed by atoms with Crippen molar-refractivity contribution < 1.29 is 9.47 Å². The highest BCUT2D eigenvalue weighted by Crippen LogP contribution is 2.57. The molecular weight excluding hydrogens is 532 g/mol. The summed E-state index contributed by atoms with van der Waals surface area (Å²) in [6.45, 7) is 0. The van der Waals surface area contributed by atoms with Gasteiger partial charge in [0.15, 0.2) is 0 Å². The molecule has 8 N–H and O–H groups in total. The SMILES string of the molecule is Nc1ccc(Oc2ccc(C3(c4ccc(Oc5ccc(N)cc5)cc4)c4ccc(N)cc4-c4cc(N)ccc43)cc2)cc1. The van der Waals surface area contributed by atoms with E-state index in [-0.39, 0.29) is 0 Å². The monoisotopic (exact) mass is 562 g/mol. The fourth-order valence-electron chi connectivity index (χ4n) is 6.05. The number of hydrogen-bond donors (Lipinski definition) is 4. The lowest BCUT2D eigenvalue weighted by molar-refractivity contribution is 0.482. The molecule has 0 aliphatic heterocycles. The van der Waals surface area contributed by atoms with E-state index in [2.05, 4.69) is 36.4 Å². The van der Waals surface area contributed by atoms with Crippen LogP contribution in [0.1, 0.15) is 22.3 Å². The molecular formula is C37H30N4O2. The van der Waals surface area contributed by atoms with Gasteiger partial charge >= 0.3 is 0 Å².